The molecule has 1 aliphatic heterocycles. The van der Waals surface area contributed by atoms with Gasteiger partial charge in [-0.1, -0.05) is 0 Å². The van der Waals surface area contributed by atoms with Gasteiger partial charge in [-0.2, -0.15) is 9.57 Å². The van der Waals surface area contributed by atoms with Crippen molar-refractivity contribution in [3.63, 3.8) is 0 Å². The summed E-state index contributed by atoms with van der Waals surface area (Å²) in [5, 5.41) is 12.1. The van der Waals surface area contributed by atoms with E-state index in [0.29, 0.717) is 19.2 Å². The SMILES string of the molecule is C[C@@](C#N)(NC(=O)C[NH+]1CCN(S(=O)(=O)c2cc(F)ccc2F)CC1)C1CC1. The van der Waals surface area contributed by atoms with Crippen LogP contribution in [-0.4, -0.2) is 56.9 Å². The van der Waals surface area contributed by atoms with E-state index >= 15 is 0 Å². The second-order valence-corrected chi connectivity index (χ2v) is 9.45. The Morgan fingerprint density at radius 2 is 2.00 bits per heavy atom. The normalized spacial score (nSPS) is 20.9. The lowest BCUT2D eigenvalue weighted by Crippen LogP contribution is -3.16. The fourth-order valence-electron chi connectivity index (χ4n) is 3.48. The van der Waals surface area contributed by atoms with Gasteiger partial charge >= 0.3 is 0 Å². The van der Waals surface area contributed by atoms with Crippen molar-refractivity contribution in [1.29, 1.82) is 5.26 Å². The van der Waals surface area contributed by atoms with E-state index in [1.165, 1.54) is 0 Å². The monoisotopic (exact) mass is 413 g/mol. The topological polar surface area (TPSA) is 94.7 Å². The Bertz CT molecular complexity index is 906. The van der Waals surface area contributed by atoms with Crippen LogP contribution in [0, 0.1) is 28.9 Å². The Morgan fingerprint density at radius 1 is 1.36 bits per heavy atom. The second-order valence-electron chi connectivity index (χ2n) is 7.54. The van der Waals surface area contributed by atoms with E-state index in [1.54, 1.807) is 6.92 Å². The predicted octanol–water partition coefficient (Wildman–Crippen LogP) is -0.338. The molecule has 2 N–H and O–H groups in total. The third-order valence-corrected chi connectivity index (χ3v) is 7.29. The molecule has 0 spiro atoms. The van der Waals surface area contributed by atoms with Crippen molar-refractivity contribution in [3.05, 3.63) is 29.8 Å². The maximum atomic E-state index is 13.9. The number of nitrogens with zero attached hydrogens (tertiary/aromatic N) is 2. The van der Waals surface area contributed by atoms with Crippen LogP contribution in [0.5, 0.6) is 0 Å². The quantitative estimate of drug-likeness (QED) is 0.667. The fraction of sp³-hybridized carbons (Fsp3) is 0.556. The number of hydrogen-bond acceptors (Lipinski definition) is 4. The molecular weight excluding hydrogens is 390 g/mol. The summed E-state index contributed by atoms with van der Waals surface area (Å²) in [6, 6.07) is 4.51. The number of benzene rings is 1. The van der Waals surface area contributed by atoms with Gasteiger partial charge in [-0.3, -0.25) is 4.79 Å². The number of hydrogen-bond donors (Lipinski definition) is 2. The summed E-state index contributed by atoms with van der Waals surface area (Å²) in [6.45, 7) is 2.76. The van der Waals surface area contributed by atoms with Gasteiger partial charge in [0, 0.05) is 0 Å². The molecular formula is C18H23F2N4O3S+. The Balaban J connectivity index is 1.58. The predicted molar refractivity (Wildman–Crippen MR) is 95.6 cm³/mol. The number of amides is 1. The highest BCUT2D eigenvalue weighted by Gasteiger charge is 2.43. The van der Waals surface area contributed by atoms with Gasteiger partial charge < -0.3 is 10.2 Å². The number of piperazine rings is 1. The first kappa shape index (κ1) is 20.6. The van der Waals surface area contributed by atoms with E-state index in [4.69, 9.17) is 0 Å². The third-order valence-electron chi connectivity index (χ3n) is 5.38. The molecule has 2 fully saturated rings. The standard InChI is InChI=1S/C18H22F2N4O3S/c1-18(12-21,13-2-3-13)22-17(25)11-23-6-8-24(9-7-23)28(26,27)16-10-14(19)4-5-15(16)20/h4-5,10,13H,2-3,6-9,11H2,1H3,(H,22,25)/p+1/t18-/m0/s1. The number of carbonyl (C=O) groups excluding carboxylic acids is 1. The molecule has 1 aliphatic carbocycles. The molecule has 3 rings (SSSR count). The minimum Gasteiger partial charge on any atom is -0.333 e. The van der Waals surface area contributed by atoms with Crippen molar-refractivity contribution >= 4 is 15.9 Å². The van der Waals surface area contributed by atoms with E-state index in [9.17, 15) is 27.3 Å². The van der Waals surface area contributed by atoms with Crippen LogP contribution < -0.4 is 10.2 Å². The van der Waals surface area contributed by atoms with E-state index in [-0.39, 0.29) is 31.5 Å². The highest BCUT2D eigenvalue weighted by Crippen LogP contribution is 2.39. The number of sulfonamides is 1. The largest absolute Gasteiger partial charge is 0.333 e. The lowest BCUT2D eigenvalue weighted by molar-refractivity contribution is -0.895. The van der Waals surface area contributed by atoms with Crippen LogP contribution >= 0.6 is 0 Å². The summed E-state index contributed by atoms with van der Waals surface area (Å²) in [5.74, 6) is -1.89. The van der Waals surface area contributed by atoms with Crippen LogP contribution in [0.15, 0.2) is 23.1 Å². The molecule has 152 valence electrons. The second kappa shape index (κ2) is 7.73. The average molecular weight is 413 g/mol. The third kappa shape index (κ3) is 4.32. The van der Waals surface area contributed by atoms with Crippen molar-refractivity contribution in [2.75, 3.05) is 32.7 Å². The van der Waals surface area contributed by atoms with Gasteiger partial charge in [0.15, 0.2) is 6.54 Å². The molecule has 28 heavy (non-hydrogen) atoms. The molecule has 1 saturated carbocycles. The number of carbonyl (C=O) groups is 1. The maximum Gasteiger partial charge on any atom is 0.276 e. The van der Waals surface area contributed by atoms with Crippen LogP contribution in [0.4, 0.5) is 8.78 Å². The zero-order valence-electron chi connectivity index (χ0n) is 15.5. The minimum atomic E-state index is -4.14. The van der Waals surface area contributed by atoms with Gasteiger partial charge in [0.05, 0.1) is 32.2 Å². The molecule has 0 unspecified atom stereocenters. The Hall–Kier alpha value is -2.09. The van der Waals surface area contributed by atoms with Crippen molar-refractivity contribution < 1.29 is 26.9 Å². The molecule has 2 aliphatic rings. The van der Waals surface area contributed by atoms with Crippen LogP contribution in [0.25, 0.3) is 0 Å². The Labute approximate surface area is 163 Å². The van der Waals surface area contributed by atoms with E-state index in [2.05, 4.69) is 11.4 Å². The summed E-state index contributed by atoms with van der Waals surface area (Å²) >= 11 is 0. The molecule has 7 nitrogen and oxygen atoms in total. The summed E-state index contributed by atoms with van der Waals surface area (Å²) in [4.78, 5) is 12.5. The molecule has 1 saturated heterocycles. The minimum absolute atomic E-state index is 0.0963. The first-order valence-corrected chi connectivity index (χ1v) is 10.6. The van der Waals surface area contributed by atoms with Crippen LogP contribution in [0.2, 0.25) is 0 Å². The molecule has 1 heterocycles. The summed E-state index contributed by atoms with van der Waals surface area (Å²) in [6.07, 6.45) is 1.84. The van der Waals surface area contributed by atoms with Gasteiger partial charge in [-0.15, -0.1) is 0 Å². The first-order valence-electron chi connectivity index (χ1n) is 9.17. The van der Waals surface area contributed by atoms with Gasteiger partial charge in [-0.05, 0) is 43.9 Å². The van der Waals surface area contributed by atoms with Crippen molar-refractivity contribution in [2.24, 2.45) is 5.92 Å². The molecule has 10 heteroatoms. The highest BCUT2D eigenvalue weighted by molar-refractivity contribution is 7.89. The lowest BCUT2D eigenvalue weighted by atomic mass is 9.98. The average Bonchev–Trinajstić information content (AvgIpc) is 3.49. The van der Waals surface area contributed by atoms with Crippen LogP contribution in [-0.2, 0) is 14.8 Å². The number of rotatable bonds is 6. The molecule has 0 radical (unpaired) electrons. The summed E-state index contributed by atoms with van der Waals surface area (Å²) in [5.41, 5.74) is -0.864. The Kier molecular flexibility index (Phi) is 5.70. The fourth-order valence-corrected chi connectivity index (χ4v) is 4.99. The molecule has 1 aromatic carbocycles. The number of nitrogens with one attached hydrogen (secondary N) is 2. The Morgan fingerprint density at radius 3 is 2.57 bits per heavy atom. The zero-order chi connectivity index (χ0) is 20.5. The van der Waals surface area contributed by atoms with E-state index in [0.717, 1.165) is 34.2 Å². The molecule has 1 amide bonds. The molecule has 0 aromatic heterocycles. The van der Waals surface area contributed by atoms with E-state index in [1.807, 2.05) is 0 Å². The van der Waals surface area contributed by atoms with Gasteiger partial charge in [-0.25, -0.2) is 17.2 Å². The highest BCUT2D eigenvalue weighted by atomic mass is 32.2. The number of nitriles is 1. The van der Waals surface area contributed by atoms with Crippen molar-refractivity contribution in [3.8, 4) is 6.07 Å². The van der Waals surface area contributed by atoms with Gasteiger partial charge in [0.25, 0.3) is 5.91 Å². The van der Waals surface area contributed by atoms with Crippen molar-refractivity contribution in [1.82, 2.24) is 9.62 Å². The lowest BCUT2D eigenvalue weighted by Gasteiger charge is -2.32. The number of quaternary nitrogens is 1. The smallest absolute Gasteiger partial charge is 0.276 e. The van der Waals surface area contributed by atoms with Crippen LogP contribution in [0.3, 0.4) is 0 Å². The summed E-state index contributed by atoms with van der Waals surface area (Å²) < 4.78 is 53.5. The molecule has 1 atom stereocenters. The van der Waals surface area contributed by atoms with Gasteiger partial charge in [0.1, 0.15) is 22.1 Å². The van der Waals surface area contributed by atoms with Crippen LogP contribution in [0.1, 0.15) is 19.8 Å². The van der Waals surface area contributed by atoms with Gasteiger partial charge in [0.2, 0.25) is 10.0 Å². The van der Waals surface area contributed by atoms with E-state index < -0.39 is 32.1 Å². The number of halogens is 2. The molecule has 0 bridgehead atoms. The summed E-state index contributed by atoms with van der Waals surface area (Å²) in [7, 11) is -4.14. The maximum absolute atomic E-state index is 13.9. The first-order chi connectivity index (χ1) is 13.2. The van der Waals surface area contributed by atoms with Crippen molar-refractivity contribution in [2.45, 2.75) is 30.2 Å². The molecule has 1 aromatic rings. The zero-order valence-corrected chi connectivity index (χ0v) is 16.4.